The Balaban J connectivity index is 2.31. The summed E-state index contributed by atoms with van der Waals surface area (Å²) >= 11 is 0. The van der Waals surface area contributed by atoms with Gasteiger partial charge in [-0.25, -0.2) is 4.63 Å². The Labute approximate surface area is 108 Å². The minimum Gasteiger partial charge on any atom is -0.480 e. The largest absolute Gasteiger partial charge is 0.480 e. The summed E-state index contributed by atoms with van der Waals surface area (Å²) in [6, 6.07) is 0. The van der Waals surface area contributed by atoms with Crippen LogP contribution < -0.4 is 4.74 Å². The second-order valence-electron chi connectivity index (χ2n) is 4.03. The first-order chi connectivity index (χ1) is 9.00. The predicted octanol–water partition coefficient (Wildman–Crippen LogP) is 1.88. The van der Waals surface area contributed by atoms with Crippen LogP contribution in [-0.4, -0.2) is 20.2 Å². The van der Waals surface area contributed by atoms with E-state index in [1.54, 1.807) is 20.8 Å². The summed E-state index contributed by atoms with van der Waals surface area (Å²) in [4.78, 5) is 14.4. The molecule has 0 fully saturated rings. The molecular formula is C11H12N4O4. The second-order valence-corrected chi connectivity index (χ2v) is 4.03. The highest BCUT2D eigenvalue weighted by molar-refractivity contribution is 5.51. The van der Waals surface area contributed by atoms with E-state index < -0.39 is 4.92 Å². The summed E-state index contributed by atoms with van der Waals surface area (Å²) in [5.41, 5.74) is 2.23. The summed E-state index contributed by atoms with van der Waals surface area (Å²) in [7, 11) is 0. The highest BCUT2D eigenvalue weighted by Gasteiger charge is 2.21. The third-order valence-electron chi connectivity index (χ3n) is 2.79. The number of nitrogens with zero attached hydrogens (tertiary/aromatic N) is 4. The normalized spacial score (nSPS) is 10.5. The molecule has 8 heteroatoms. The van der Waals surface area contributed by atoms with Crippen molar-refractivity contribution < 1.29 is 14.3 Å². The number of hydrogen-bond donors (Lipinski definition) is 0. The maximum atomic E-state index is 11.0. The SMILES string of the molecule is Cc1nonc1COc1c([N+](=O)[O-])cnc(C)c1C. The Hall–Kier alpha value is -2.51. The van der Waals surface area contributed by atoms with Gasteiger partial charge in [0.1, 0.15) is 24.2 Å². The van der Waals surface area contributed by atoms with Crippen molar-refractivity contribution in [2.24, 2.45) is 0 Å². The summed E-state index contributed by atoms with van der Waals surface area (Å²) in [5.74, 6) is 0.194. The topological polar surface area (TPSA) is 104 Å². The molecule has 0 saturated heterocycles. The first-order valence-corrected chi connectivity index (χ1v) is 5.52. The van der Waals surface area contributed by atoms with Gasteiger partial charge in [0, 0.05) is 11.3 Å². The van der Waals surface area contributed by atoms with E-state index in [4.69, 9.17) is 4.74 Å². The fourth-order valence-electron chi connectivity index (χ4n) is 1.50. The molecule has 2 heterocycles. The van der Waals surface area contributed by atoms with Gasteiger partial charge in [-0.3, -0.25) is 15.1 Å². The molecule has 0 amide bonds. The van der Waals surface area contributed by atoms with Gasteiger partial charge in [0.15, 0.2) is 0 Å². The van der Waals surface area contributed by atoms with Crippen LogP contribution >= 0.6 is 0 Å². The molecule has 0 spiro atoms. The lowest BCUT2D eigenvalue weighted by Crippen LogP contribution is -2.04. The van der Waals surface area contributed by atoms with Crippen molar-refractivity contribution in [2.45, 2.75) is 27.4 Å². The van der Waals surface area contributed by atoms with Crippen LogP contribution in [0.1, 0.15) is 22.6 Å². The van der Waals surface area contributed by atoms with Gasteiger partial charge in [-0.15, -0.1) is 0 Å². The highest BCUT2D eigenvalue weighted by Crippen LogP contribution is 2.31. The van der Waals surface area contributed by atoms with E-state index in [-0.39, 0.29) is 18.0 Å². The molecule has 2 rings (SSSR count). The lowest BCUT2D eigenvalue weighted by atomic mass is 10.2. The number of aryl methyl sites for hydroxylation is 2. The molecule has 0 aliphatic rings. The number of pyridine rings is 1. The van der Waals surface area contributed by atoms with Gasteiger partial charge in [-0.05, 0) is 20.8 Å². The molecule has 0 aliphatic heterocycles. The second kappa shape index (κ2) is 5.01. The minimum absolute atomic E-state index is 0.0560. The maximum Gasteiger partial charge on any atom is 0.329 e. The van der Waals surface area contributed by atoms with E-state index in [0.717, 1.165) is 0 Å². The van der Waals surface area contributed by atoms with E-state index in [2.05, 4.69) is 19.9 Å². The quantitative estimate of drug-likeness (QED) is 0.613. The van der Waals surface area contributed by atoms with Crippen molar-refractivity contribution in [3.8, 4) is 5.75 Å². The van der Waals surface area contributed by atoms with Gasteiger partial charge < -0.3 is 4.74 Å². The molecule has 2 aromatic rings. The molecule has 0 aromatic carbocycles. The fourth-order valence-corrected chi connectivity index (χ4v) is 1.50. The standard InChI is InChI=1S/C11H12N4O4/c1-6-7(2)12-4-10(15(16)17)11(6)18-5-9-8(3)13-19-14-9/h4H,5H2,1-3H3. The van der Waals surface area contributed by atoms with Gasteiger partial charge in [-0.2, -0.15) is 0 Å². The van der Waals surface area contributed by atoms with Crippen molar-refractivity contribution in [3.05, 3.63) is 39.0 Å². The molecular weight excluding hydrogens is 252 g/mol. The molecule has 0 aliphatic carbocycles. The summed E-state index contributed by atoms with van der Waals surface area (Å²) in [6.07, 6.45) is 1.19. The number of nitro groups is 1. The fraction of sp³-hybridized carbons (Fsp3) is 0.364. The van der Waals surface area contributed by atoms with Crippen LogP contribution in [0.4, 0.5) is 5.69 Å². The Morgan fingerprint density at radius 3 is 2.63 bits per heavy atom. The summed E-state index contributed by atoms with van der Waals surface area (Å²) in [6.45, 7) is 5.25. The molecule has 0 bridgehead atoms. The van der Waals surface area contributed by atoms with Crippen molar-refractivity contribution in [2.75, 3.05) is 0 Å². The first kappa shape index (κ1) is 12.9. The van der Waals surface area contributed by atoms with Crippen LogP contribution in [0.5, 0.6) is 5.75 Å². The smallest absolute Gasteiger partial charge is 0.329 e. The van der Waals surface area contributed by atoms with Crippen LogP contribution in [0.2, 0.25) is 0 Å². The zero-order valence-corrected chi connectivity index (χ0v) is 10.7. The average Bonchev–Trinajstić information content (AvgIpc) is 2.76. The molecule has 0 radical (unpaired) electrons. The van der Waals surface area contributed by atoms with Crippen LogP contribution in [0.25, 0.3) is 0 Å². The molecule has 19 heavy (non-hydrogen) atoms. The van der Waals surface area contributed by atoms with Crippen LogP contribution in [0.3, 0.4) is 0 Å². The Morgan fingerprint density at radius 2 is 2.05 bits per heavy atom. The van der Waals surface area contributed by atoms with Gasteiger partial charge >= 0.3 is 5.69 Å². The molecule has 100 valence electrons. The van der Waals surface area contributed by atoms with Crippen LogP contribution in [0, 0.1) is 30.9 Å². The number of hydrogen-bond acceptors (Lipinski definition) is 7. The molecule has 0 unspecified atom stereocenters. The van der Waals surface area contributed by atoms with E-state index in [1.165, 1.54) is 6.20 Å². The van der Waals surface area contributed by atoms with Gasteiger partial charge in [0.2, 0.25) is 5.75 Å². The highest BCUT2D eigenvalue weighted by atomic mass is 16.6. The lowest BCUT2D eigenvalue weighted by molar-refractivity contribution is -0.386. The third-order valence-corrected chi connectivity index (χ3v) is 2.79. The molecule has 2 aromatic heterocycles. The van der Waals surface area contributed by atoms with Crippen molar-refractivity contribution in [1.82, 2.24) is 15.3 Å². The van der Waals surface area contributed by atoms with Crippen LogP contribution in [0.15, 0.2) is 10.8 Å². The maximum absolute atomic E-state index is 11.0. The molecule has 0 atom stereocenters. The predicted molar refractivity (Wildman–Crippen MR) is 63.7 cm³/mol. The van der Waals surface area contributed by atoms with Gasteiger partial charge in [-0.1, -0.05) is 10.3 Å². The summed E-state index contributed by atoms with van der Waals surface area (Å²) < 4.78 is 10.0. The zero-order valence-electron chi connectivity index (χ0n) is 10.7. The van der Waals surface area contributed by atoms with E-state index in [1.807, 2.05) is 0 Å². The number of aromatic nitrogens is 3. The van der Waals surface area contributed by atoms with E-state index >= 15 is 0 Å². The third kappa shape index (κ3) is 2.51. The lowest BCUT2D eigenvalue weighted by Gasteiger charge is -2.09. The zero-order chi connectivity index (χ0) is 14.0. The van der Waals surface area contributed by atoms with E-state index in [9.17, 15) is 10.1 Å². The number of rotatable bonds is 4. The Morgan fingerprint density at radius 1 is 1.32 bits per heavy atom. The molecule has 0 N–H and O–H groups in total. The number of ether oxygens (including phenoxy) is 1. The van der Waals surface area contributed by atoms with Crippen molar-refractivity contribution in [1.29, 1.82) is 0 Å². The first-order valence-electron chi connectivity index (χ1n) is 5.52. The van der Waals surface area contributed by atoms with Crippen LogP contribution in [-0.2, 0) is 6.61 Å². The monoisotopic (exact) mass is 264 g/mol. The van der Waals surface area contributed by atoms with Crippen molar-refractivity contribution in [3.63, 3.8) is 0 Å². The Bertz CT molecular complexity index is 623. The summed E-state index contributed by atoms with van der Waals surface area (Å²) in [5, 5.41) is 18.2. The molecule has 8 nitrogen and oxygen atoms in total. The minimum atomic E-state index is -0.525. The van der Waals surface area contributed by atoms with Gasteiger partial charge in [0.25, 0.3) is 0 Å². The Kier molecular flexibility index (Phi) is 3.41. The average molecular weight is 264 g/mol. The van der Waals surface area contributed by atoms with Crippen molar-refractivity contribution >= 4 is 5.69 Å². The molecule has 0 saturated carbocycles. The van der Waals surface area contributed by atoms with Gasteiger partial charge in [0.05, 0.1) is 4.92 Å². The van der Waals surface area contributed by atoms with E-state index in [0.29, 0.717) is 22.6 Å².